The second-order valence-corrected chi connectivity index (χ2v) is 6.47. The molecule has 0 aliphatic carbocycles. The number of aromatic nitrogens is 2. The van der Waals surface area contributed by atoms with Crippen molar-refractivity contribution >= 4 is 22.9 Å². The molecule has 1 aliphatic heterocycles. The number of para-hydroxylation sites is 2. The molecule has 2 heterocycles. The summed E-state index contributed by atoms with van der Waals surface area (Å²) in [6, 6.07) is 7.83. The van der Waals surface area contributed by atoms with Crippen LogP contribution in [0.3, 0.4) is 0 Å². The largest absolute Gasteiger partial charge is 0.481 e. The molecular weight excluding hydrogens is 306 g/mol. The molecule has 1 N–H and O–H groups in total. The summed E-state index contributed by atoms with van der Waals surface area (Å²) in [5.41, 5.74) is 1.93. The third kappa shape index (κ3) is 3.27. The molecule has 1 amide bonds. The first-order chi connectivity index (χ1) is 11.6. The van der Waals surface area contributed by atoms with Crippen molar-refractivity contribution in [1.82, 2.24) is 14.5 Å². The zero-order valence-corrected chi connectivity index (χ0v) is 13.9. The fraction of sp³-hybridized carbons (Fsp3) is 0.500. The average Bonchev–Trinajstić information content (AvgIpc) is 3.17. The Bertz CT molecular complexity index is 740. The van der Waals surface area contributed by atoms with Gasteiger partial charge in [0.25, 0.3) is 0 Å². The number of aryl methyl sites for hydroxylation is 1. The lowest BCUT2D eigenvalue weighted by atomic mass is 9.92. The van der Waals surface area contributed by atoms with E-state index in [1.54, 1.807) is 11.2 Å². The van der Waals surface area contributed by atoms with Crippen molar-refractivity contribution in [3.8, 4) is 0 Å². The number of likely N-dealkylation sites (tertiary alicyclic amines) is 1. The van der Waals surface area contributed by atoms with Crippen LogP contribution in [0.15, 0.2) is 30.6 Å². The third-order valence-electron chi connectivity index (χ3n) is 4.86. The average molecular weight is 329 g/mol. The molecular formula is C18H23N3O3. The molecule has 0 saturated carbocycles. The van der Waals surface area contributed by atoms with Gasteiger partial charge in [-0.2, -0.15) is 0 Å². The van der Waals surface area contributed by atoms with Gasteiger partial charge in [0.15, 0.2) is 0 Å². The first-order valence-corrected chi connectivity index (χ1v) is 8.50. The lowest BCUT2D eigenvalue weighted by Crippen LogP contribution is -2.30. The molecule has 2 aromatic rings. The Balaban J connectivity index is 1.62. The number of carboxylic acids is 1. The van der Waals surface area contributed by atoms with E-state index in [1.807, 2.05) is 35.8 Å². The molecule has 1 saturated heterocycles. The number of carboxylic acid groups (broad SMARTS) is 1. The Kier molecular flexibility index (Phi) is 4.83. The lowest BCUT2D eigenvalue weighted by molar-refractivity contribution is -0.142. The Morgan fingerprint density at radius 1 is 1.29 bits per heavy atom. The maximum Gasteiger partial charge on any atom is 0.308 e. The smallest absolute Gasteiger partial charge is 0.308 e. The lowest BCUT2D eigenvalue weighted by Gasteiger charge is -2.16. The number of rotatable bonds is 6. The highest BCUT2D eigenvalue weighted by Crippen LogP contribution is 2.28. The zero-order valence-electron chi connectivity index (χ0n) is 13.9. The number of benzene rings is 1. The Morgan fingerprint density at radius 3 is 2.83 bits per heavy atom. The molecule has 0 spiro atoms. The number of amides is 1. The summed E-state index contributed by atoms with van der Waals surface area (Å²) >= 11 is 0. The van der Waals surface area contributed by atoms with Gasteiger partial charge in [0.05, 0.1) is 23.3 Å². The summed E-state index contributed by atoms with van der Waals surface area (Å²) in [7, 11) is 0. The highest BCUT2D eigenvalue weighted by atomic mass is 16.4. The second-order valence-electron chi connectivity index (χ2n) is 6.47. The summed E-state index contributed by atoms with van der Waals surface area (Å²) in [5.74, 6) is -1.12. The molecule has 0 bridgehead atoms. The SMILES string of the molecule is CCC[C@@H]1CN(C(=O)CCn2cnc3ccccc32)C[C@H]1C(=O)O. The fourth-order valence-electron chi connectivity index (χ4n) is 3.58. The van der Waals surface area contributed by atoms with E-state index < -0.39 is 11.9 Å². The van der Waals surface area contributed by atoms with Gasteiger partial charge in [-0.15, -0.1) is 0 Å². The van der Waals surface area contributed by atoms with Crippen LogP contribution in [0, 0.1) is 11.8 Å². The molecule has 24 heavy (non-hydrogen) atoms. The number of aliphatic carboxylic acids is 1. The van der Waals surface area contributed by atoms with Crippen LogP contribution in [0.5, 0.6) is 0 Å². The van der Waals surface area contributed by atoms with Crippen molar-refractivity contribution in [2.45, 2.75) is 32.7 Å². The molecule has 3 rings (SSSR count). The molecule has 1 aliphatic rings. The molecule has 1 fully saturated rings. The van der Waals surface area contributed by atoms with Gasteiger partial charge in [-0.25, -0.2) is 4.98 Å². The Labute approximate surface area is 141 Å². The second kappa shape index (κ2) is 7.03. The standard InChI is InChI=1S/C18H23N3O3/c1-2-5-13-10-21(11-14(13)18(23)24)17(22)8-9-20-12-19-15-6-3-4-7-16(15)20/h3-4,6-7,12-14H,2,5,8-11H2,1H3,(H,23,24)/t13-,14-/m1/s1. The zero-order chi connectivity index (χ0) is 17.1. The molecule has 0 unspecified atom stereocenters. The first-order valence-electron chi connectivity index (χ1n) is 8.50. The van der Waals surface area contributed by atoms with Gasteiger partial charge in [0, 0.05) is 26.1 Å². The highest BCUT2D eigenvalue weighted by molar-refractivity contribution is 5.79. The summed E-state index contributed by atoms with van der Waals surface area (Å²) in [6.07, 6.45) is 3.91. The van der Waals surface area contributed by atoms with E-state index in [0.717, 1.165) is 23.9 Å². The monoisotopic (exact) mass is 329 g/mol. The number of carbonyl (C=O) groups excluding carboxylic acids is 1. The first kappa shape index (κ1) is 16.5. The van der Waals surface area contributed by atoms with E-state index in [-0.39, 0.29) is 11.8 Å². The van der Waals surface area contributed by atoms with E-state index in [4.69, 9.17) is 0 Å². The van der Waals surface area contributed by atoms with Crippen molar-refractivity contribution in [3.05, 3.63) is 30.6 Å². The van der Waals surface area contributed by atoms with E-state index in [0.29, 0.717) is 26.1 Å². The topological polar surface area (TPSA) is 75.4 Å². The van der Waals surface area contributed by atoms with Crippen LogP contribution in [0.4, 0.5) is 0 Å². The van der Waals surface area contributed by atoms with E-state index in [1.165, 1.54) is 0 Å². The maximum absolute atomic E-state index is 12.5. The number of imidazole rings is 1. The normalized spacial score (nSPS) is 20.6. The van der Waals surface area contributed by atoms with Gasteiger partial charge >= 0.3 is 5.97 Å². The minimum Gasteiger partial charge on any atom is -0.481 e. The van der Waals surface area contributed by atoms with Crippen molar-refractivity contribution in [2.75, 3.05) is 13.1 Å². The summed E-state index contributed by atoms with van der Waals surface area (Å²) in [4.78, 5) is 29.9. The van der Waals surface area contributed by atoms with Crippen LogP contribution in [0.25, 0.3) is 11.0 Å². The van der Waals surface area contributed by atoms with Gasteiger partial charge in [0.1, 0.15) is 0 Å². The van der Waals surface area contributed by atoms with E-state index >= 15 is 0 Å². The third-order valence-corrected chi connectivity index (χ3v) is 4.86. The van der Waals surface area contributed by atoms with Crippen LogP contribution in [0.1, 0.15) is 26.2 Å². The molecule has 0 radical (unpaired) electrons. The summed E-state index contributed by atoms with van der Waals surface area (Å²) < 4.78 is 1.97. The predicted octanol–water partition coefficient (Wildman–Crippen LogP) is 2.39. The summed E-state index contributed by atoms with van der Waals surface area (Å²) in [6.45, 7) is 3.51. The van der Waals surface area contributed by atoms with Crippen LogP contribution in [-0.2, 0) is 16.1 Å². The number of nitrogens with zero attached hydrogens (tertiary/aromatic N) is 3. The number of hydrogen-bond acceptors (Lipinski definition) is 3. The van der Waals surface area contributed by atoms with Gasteiger partial charge in [-0.3, -0.25) is 9.59 Å². The quantitative estimate of drug-likeness (QED) is 0.883. The minimum absolute atomic E-state index is 0.0256. The van der Waals surface area contributed by atoms with E-state index in [9.17, 15) is 14.7 Å². The number of carbonyl (C=O) groups is 2. The number of fused-ring (bicyclic) bond motifs is 1. The van der Waals surface area contributed by atoms with Crippen LogP contribution >= 0.6 is 0 Å². The molecule has 6 heteroatoms. The van der Waals surface area contributed by atoms with Crippen LogP contribution in [0.2, 0.25) is 0 Å². The number of hydrogen-bond donors (Lipinski definition) is 1. The van der Waals surface area contributed by atoms with Crippen LogP contribution in [-0.4, -0.2) is 44.5 Å². The van der Waals surface area contributed by atoms with Gasteiger partial charge in [-0.05, 0) is 24.5 Å². The predicted molar refractivity (Wildman–Crippen MR) is 90.5 cm³/mol. The Morgan fingerprint density at radius 2 is 2.08 bits per heavy atom. The minimum atomic E-state index is -0.788. The highest BCUT2D eigenvalue weighted by Gasteiger charge is 2.38. The maximum atomic E-state index is 12.5. The Hall–Kier alpha value is -2.37. The van der Waals surface area contributed by atoms with Gasteiger partial charge in [-0.1, -0.05) is 25.5 Å². The van der Waals surface area contributed by atoms with Crippen molar-refractivity contribution < 1.29 is 14.7 Å². The molecule has 1 aromatic heterocycles. The van der Waals surface area contributed by atoms with Crippen molar-refractivity contribution in [2.24, 2.45) is 11.8 Å². The fourth-order valence-corrected chi connectivity index (χ4v) is 3.58. The van der Waals surface area contributed by atoms with Crippen LogP contribution < -0.4 is 0 Å². The molecule has 2 atom stereocenters. The van der Waals surface area contributed by atoms with Crippen molar-refractivity contribution in [3.63, 3.8) is 0 Å². The van der Waals surface area contributed by atoms with E-state index in [2.05, 4.69) is 4.98 Å². The molecule has 128 valence electrons. The molecule has 6 nitrogen and oxygen atoms in total. The molecule has 1 aromatic carbocycles. The summed E-state index contributed by atoms with van der Waals surface area (Å²) in [5, 5.41) is 9.36. The van der Waals surface area contributed by atoms with Gasteiger partial charge < -0.3 is 14.6 Å². The van der Waals surface area contributed by atoms with Crippen molar-refractivity contribution in [1.29, 1.82) is 0 Å². The van der Waals surface area contributed by atoms with Gasteiger partial charge in [0.2, 0.25) is 5.91 Å².